The highest BCUT2D eigenvalue weighted by atomic mass is 32.2. The first-order valence-corrected chi connectivity index (χ1v) is 15.6. The largest absolute Gasteiger partial charge is 0.352 e. The highest BCUT2D eigenvalue weighted by Crippen LogP contribution is 2.23. The van der Waals surface area contributed by atoms with Crippen molar-refractivity contribution >= 4 is 27.5 Å². The van der Waals surface area contributed by atoms with Crippen LogP contribution in [-0.2, 0) is 32.6 Å². The summed E-state index contributed by atoms with van der Waals surface area (Å²) < 4.78 is 55.2. The van der Waals surface area contributed by atoms with Crippen molar-refractivity contribution in [3.8, 4) is 0 Å². The standard InChI is InChI=1S/C31H35F2N3O4S/c1-41(39,40)36(27-17-10-14-25(32)20-27)22-30(37)35(21-24-13-8-9-18-28(24)33)29(19-23-11-4-2-5-12-23)31(38)34-26-15-6-3-7-16-26/h2,4-5,8-14,17-18,20,26,29H,3,6-7,15-16,19,21-22H2,1H3,(H,34,38). The van der Waals surface area contributed by atoms with Gasteiger partial charge in [-0.05, 0) is 42.7 Å². The van der Waals surface area contributed by atoms with Gasteiger partial charge in [0.1, 0.15) is 24.2 Å². The second kappa shape index (κ2) is 13.7. The van der Waals surface area contributed by atoms with E-state index < -0.39 is 40.2 Å². The molecule has 41 heavy (non-hydrogen) atoms. The zero-order valence-corrected chi connectivity index (χ0v) is 23.8. The van der Waals surface area contributed by atoms with Crippen LogP contribution in [0.2, 0.25) is 0 Å². The summed E-state index contributed by atoms with van der Waals surface area (Å²) in [7, 11) is -4.03. The number of anilines is 1. The molecule has 1 atom stereocenters. The molecule has 0 radical (unpaired) electrons. The van der Waals surface area contributed by atoms with Crippen molar-refractivity contribution in [3.05, 3.63) is 102 Å². The van der Waals surface area contributed by atoms with Crippen LogP contribution in [0.5, 0.6) is 0 Å². The van der Waals surface area contributed by atoms with Crippen LogP contribution in [0.15, 0.2) is 78.9 Å². The highest BCUT2D eigenvalue weighted by Gasteiger charge is 2.34. The van der Waals surface area contributed by atoms with E-state index in [2.05, 4.69) is 5.32 Å². The number of hydrogen-bond acceptors (Lipinski definition) is 4. The molecule has 0 saturated heterocycles. The summed E-state index contributed by atoms with van der Waals surface area (Å²) in [5.74, 6) is -2.33. The summed E-state index contributed by atoms with van der Waals surface area (Å²) >= 11 is 0. The molecule has 3 aromatic carbocycles. The minimum Gasteiger partial charge on any atom is -0.352 e. The van der Waals surface area contributed by atoms with Gasteiger partial charge in [0, 0.05) is 24.6 Å². The van der Waals surface area contributed by atoms with Gasteiger partial charge in [-0.25, -0.2) is 17.2 Å². The van der Waals surface area contributed by atoms with E-state index in [1.54, 1.807) is 6.07 Å². The first-order valence-electron chi connectivity index (χ1n) is 13.7. The number of rotatable bonds is 11. The van der Waals surface area contributed by atoms with Gasteiger partial charge >= 0.3 is 0 Å². The first kappa shape index (κ1) is 30.2. The molecule has 0 bridgehead atoms. The third-order valence-electron chi connectivity index (χ3n) is 7.30. The molecule has 3 aromatic rings. The van der Waals surface area contributed by atoms with Crippen molar-refractivity contribution in [1.29, 1.82) is 0 Å². The Kier molecular flexibility index (Phi) is 10.1. The molecule has 1 fully saturated rings. The summed E-state index contributed by atoms with van der Waals surface area (Å²) in [6, 6.07) is 18.9. The average Bonchev–Trinajstić information content (AvgIpc) is 2.95. The van der Waals surface area contributed by atoms with Crippen LogP contribution in [0, 0.1) is 11.6 Å². The molecule has 0 spiro atoms. The van der Waals surface area contributed by atoms with Gasteiger partial charge in [-0.1, -0.05) is 73.9 Å². The van der Waals surface area contributed by atoms with Crippen LogP contribution in [0.3, 0.4) is 0 Å². The molecule has 1 saturated carbocycles. The number of carbonyl (C=O) groups is 2. The lowest BCUT2D eigenvalue weighted by molar-refractivity contribution is -0.140. The predicted molar refractivity (Wildman–Crippen MR) is 154 cm³/mol. The monoisotopic (exact) mass is 583 g/mol. The van der Waals surface area contributed by atoms with Crippen molar-refractivity contribution in [2.75, 3.05) is 17.1 Å². The number of benzene rings is 3. The zero-order chi connectivity index (χ0) is 29.4. The molecule has 0 aromatic heterocycles. The molecule has 4 rings (SSSR count). The van der Waals surface area contributed by atoms with Crippen LogP contribution >= 0.6 is 0 Å². The maximum Gasteiger partial charge on any atom is 0.244 e. The van der Waals surface area contributed by atoms with E-state index >= 15 is 0 Å². The van der Waals surface area contributed by atoms with E-state index in [0.717, 1.165) is 54.3 Å². The smallest absolute Gasteiger partial charge is 0.244 e. The van der Waals surface area contributed by atoms with Crippen LogP contribution in [-0.4, -0.2) is 50.0 Å². The van der Waals surface area contributed by atoms with Crippen molar-refractivity contribution in [2.24, 2.45) is 0 Å². The first-order chi connectivity index (χ1) is 19.6. The molecule has 1 unspecified atom stereocenters. The normalized spacial score (nSPS) is 14.7. The number of sulfonamides is 1. The highest BCUT2D eigenvalue weighted by molar-refractivity contribution is 7.92. The predicted octanol–water partition coefficient (Wildman–Crippen LogP) is 4.82. The summed E-state index contributed by atoms with van der Waals surface area (Å²) in [6.45, 7) is -0.958. The Balaban J connectivity index is 1.73. The van der Waals surface area contributed by atoms with Crippen LogP contribution < -0.4 is 9.62 Å². The summed E-state index contributed by atoms with van der Waals surface area (Å²) in [4.78, 5) is 29.1. The lowest BCUT2D eigenvalue weighted by Gasteiger charge is -2.35. The summed E-state index contributed by atoms with van der Waals surface area (Å²) in [5, 5.41) is 3.09. The lowest BCUT2D eigenvalue weighted by atomic mass is 9.94. The fourth-order valence-electron chi connectivity index (χ4n) is 5.15. The molecule has 1 aliphatic rings. The van der Waals surface area contributed by atoms with E-state index in [0.29, 0.717) is 0 Å². The minimum absolute atomic E-state index is 0.0297. The molecular weight excluding hydrogens is 548 g/mol. The summed E-state index contributed by atoms with van der Waals surface area (Å²) in [5.41, 5.74) is 0.937. The fourth-order valence-corrected chi connectivity index (χ4v) is 5.99. The number of halogens is 2. The fraction of sp³-hybridized carbons (Fsp3) is 0.355. The Labute approximate surface area is 240 Å². The van der Waals surface area contributed by atoms with Crippen molar-refractivity contribution < 1.29 is 26.8 Å². The number of amides is 2. The van der Waals surface area contributed by atoms with E-state index in [1.807, 2.05) is 30.3 Å². The number of carbonyl (C=O) groups excluding carboxylic acids is 2. The van der Waals surface area contributed by atoms with Crippen molar-refractivity contribution in [2.45, 2.75) is 57.2 Å². The van der Waals surface area contributed by atoms with Gasteiger partial charge in [0.15, 0.2) is 0 Å². The molecule has 7 nitrogen and oxygen atoms in total. The van der Waals surface area contributed by atoms with Crippen LogP contribution in [0.25, 0.3) is 0 Å². The van der Waals surface area contributed by atoms with E-state index in [-0.39, 0.29) is 36.2 Å². The molecule has 1 N–H and O–H groups in total. The summed E-state index contributed by atoms with van der Waals surface area (Å²) in [6.07, 6.45) is 5.78. The van der Waals surface area contributed by atoms with Crippen LogP contribution in [0.4, 0.5) is 14.5 Å². The SMILES string of the molecule is CS(=O)(=O)N(CC(=O)N(Cc1ccccc1F)C(Cc1ccccc1)C(=O)NC1CCCCC1)c1cccc(F)c1. The molecule has 0 aliphatic heterocycles. The van der Waals surface area contributed by atoms with E-state index in [9.17, 15) is 26.8 Å². The molecule has 0 heterocycles. The van der Waals surface area contributed by atoms with Crippen molar-refractivity contribution in [1.82, 2.24) is 10.2 Å². The molecule has 10 heteroatoms. The van der Waals surface area contributed by atoms with Gasteiger partial charge < -0.3 is 10.2 Å². The number of nitrogens with one attached hydrogen (secondary N) is 1. The average molecular weight is 584 g/mol. The second-order valence-corrected chi connectivity index (χ2v) is 12.3. The Bertz CT molecular complexity index is 1450. The van der Waals surface area contributed by atoms with Crippen molar-refractivity contribution in [3.63, 3.8) is 0 Å². The maximum absolute atomic E-state index is 14.9. The Hall–Kier alpha value is -3.79. The number of nitrogens with zero attached hydrogens (tertiary/aromatic N) is 2. The topological polar surface area (TPSA) is 86.8 Å². The molecule has 1 aliphatic carbocycles. The quantitative estimate of drug-likeness (QED) is 0.351. The Morgan fingerprint density at radius 3 is 2.27 bits per heavy atom. The Morgan fingerprint density at radius 2 is 1.61 bits per heavy atom. The van der Waals surface area contributed by atoms with Gasteiger partial charge in [0.25, 0.3) is 0 Å². The van der Waals surface area contributed by atoms with Gasteiger partial charge in [-0.3, -0.25) is 13.9 Å². The van der Waals surface area contributed by atoms with E-state index in [1.165, 1.54) is 41.3 Å². The zero-order valence-electron chi connectivity index (χ0n) is 23.0. The minimum atomic E-state index is -4.03. The van der Waals surface area contributed by atoms with E-state index in [4.69, 9.17) is 0 Å². The maximum atomic E-state index is 14.9. The Morgan fingerprint density at radius 1 is 0.927 bits per heavy atom. The molecular formula is C31H35F2N3O4S. The third-order valence-corrected chi connectivity index (χ3v) is 8.44. The van der Waals surface area contributed by atoms with Gasteiger partial charge in [-0.2, -0.15) is 0 Å². The third kappa shape index (κ3) is 8.36. The number of hydrogen-bond donors (Lipinski definition) is 1. The van der Waals surface area contributed by atoms with Gasteiger partial charge in [-0.15, -0.1) is 0 Å². The van der Waals surface area contributed by atoms with Crippen LogP contribution in [0.1, 0.15) is 43.2 Å². The molecule has 218 valence electrons. The van der Waals surface area contributed by atoms with Gasteiger partial charge in [0.05, 0.1) is 11.9 Å². The van der Waals surface area contributed by atoms with Gasteiger partial charge in [0.2, 0.25) is 21.8 Å². The second-order valence-electron chi connectivity index (χ2n) is 10.4. The lowest BCUT2D eigenvalue weighted by Crippen LogP contribution is -2.55. The molecule has 2 amide bonds.